The number of nitrogens with zero attached hydrogens (tertiary/aromatic N) is 5. The molecule has 0 radical (unpaired) electrons. The molecule has 0 bridgehead atoms. The SMILES string of the molecule is CC(C)Oc1cc(N2CCCn3nc([C@@H](C)O)cc3C2)nc(N)n1. The van der Waals surface area contributed by atoms with Crippen LogP contribution in [0.5, 0.6) is 5.88 Å². The Kier molecular flexibility index (Phi) is 4.57. The summed E-state index contributed by atoms with van der Waals surface area (Å²) in [6, 6.07) is 3.76. The van der Waals surface area contributed by atoms with Crippen LogP contribution in [0.4, 0.5) is 11.8 Å². The predicted molar refractivity (Wildman–Crippen MR) is 90.7 cm³/mol. The Morgan fingerprint density at radius 3 is 2.71 bits per heavy atom. The van der Waals surface area contributed by atoms with Gasteiger partial charge in [0.2, 0.25) is 11.8 Å². The summed E-state index contributed by atoms with van der Waals surface area (Å²) in [5.74, 6) is 1.42. The van der Waals surface area contributed by atoms with Gasteiger partial charge in [-0.25, -0.2) is 0 Å². The van der Waals surface area contributed by atoms with E-state index in [4.69, 9.17) is 10.5 Å². The lowest BCUT2D eigenvalue weighted by Gasteiger charge is -2.22. The summed E-state index contributed by atoms with van der Waals surface area (Å²) in [5, 5.41) is 14.2. The summed E-state index contributed by atoms with van der Waals surface area (Å²) in [4.78, 5) is 10.6. The van der Waals surface area contributed by atoms with Crippen LogP contribution in [0.25, 0.3) is 0 Å². The van der Waals surface area contributed by atoms with Crippen molar-refractivity contribution in [3.05, 3.63) is 23.5 Å². The summed E-state index contributed by atoms with van der Waals surface area (Å²) in [7, 11) is 0. The molecule has 1 aliphatic heterocycles. The smallest absolute Gasteiger partial charge is 0.225 e. The van der Waals surface area contributed by atoms with Crippen LogP contribution in [0, 0.1) is 0 Å². The summed E-state index contributed by atoms with van der Waals surface area (Å²) in [5.41, 5.74) is 7.58. The molecule has 24 heavy (non-hydrogen) atoms. The fourth-order valence-corrected chi connectivity index (χ4v) is 2.78. The molecule has 8 nitrogen and oxygen atoms in total. The molecular formula is C16H24N6O2. The molecule has 0 saturated heterocycles. The Labute approximate surface area is 141 Å². The number of aromatic nitrogens is 4. The van der Waals surface area contributed by atoms with Gasteiger partial charge in [-0.15, -0.1) is 0 Å². The minimum Gasteiger partial charge on any atom is -0.475 e. The molecule has 3 N–H and O–H groups in total. The Bertz CT molecular complexity index is 713. The molecule has 1 atom stereocenters. The maximum atomic E-state index is 9.74. The van der Waals surface area contributed by atoms with Gasteiger partial charge in [0, 0.05) is 19.2 Å². The van der Waals surface area contributed by atoms with E-state index in [1.165, 1.54) is 0 Å². The molecule has 2 aromatic rings. The van der Waals surface area contributed by atoms with Crippen LogP contribution in [0.15, 0.2) is 12.1 Å². The number of nitrogens with two attached hydrogens (primary N) is 1. The van der Waals surface area contributed by atoms with Crippen molar-refractivity contribution in [1.29, 1.82) is 0 Å². The Morgan fingerprint density at radius 2 is 2.00 bits per heavy atom. The van der Waals surface area contributed by atoms with Crippen molar-refractivity contribution in [3.8, 4) is 5.88 Å². The average Bonchev–Trinajstić information content (AvgIpc) is 2.78. The highest BCUT2D eigenvalue weighted by molar-refractivity contribution is 5.46. The number of anilines is 2. The molecule has 0 aromatic carbocycles. The average molecular weight is 332 g/mol. The molecule has 0 amide bonds. The van der Waals surface area contributed by atoms with Crippen LogP contribution in [0.3, 0.4) is 0 Å². The van der Waals surface area contributed by atoms with E-state index < -0.39 is 6.10 Å². The molecule has 2 aromatic heterocycles. The van der Waals surface area contributed by atoms with E-state index in [1.807, 2.05) is 30.7 Å². The third-order valence-corrected chi connectivity index (χ3v) is 3.85. The van der Waals surface area contributed by atoms with Gasteiger partial charge in [-0.05, 0) is 33.3 Å². The van der Waals surface area contributed by atoms with Gasteiger partial charge >= 0.3 is 0 Å². The second kappa shape index (κ2) is 6.64. The normalized spacial score (nSPS) is 16.0. The molecule has 0 unspecified atom stereocenters. The van der Waals surface area contributed by atoms with Gasteiger partial charge in [0.1, 0.15) is 5.82 Å². The van der Waals surface area contributed by atoms with Crippen LogP contribution in [-0.2, 0) is 13.1 Å². The van der Waals surface area contributed by atoms with Gasteiger partial charge in [-0.2, -0.15) is 15.1 Å². The molecule has 8 heteroatoms. The van der Waals surface area contributed by atoms with E-state index in [9.17, 15) is 5.11 Å². The number of hydrogen-bond donors (Lipinski definition) is 2. The van der Waals surface area contributed by atoms with Crippen molar-refractivity contribution in [2.75, 3.05) is 17.2 Å². The lowest BCUT2D eigenvalue weighted by Crippen LogP contribution is -2.24. The fourth-order valence-electron chi connectivity index (χ4n) is 2.78. The second-order valence-corrected chi connectivity index (χ2v) is 6.32. The quantitative estimate of drug-likeness (QED) is 0.874. The van der Waals surface area contributed by atoms with E-state index in [1.54, 1.807) is 6.92 Å². The zero-order chi connectivity index (χ0) is 17.3. The third-order valence-electron chi connectivity index (χ3n) is 3.85. The first-order chi connectivity index (χ1) is 11.4. The van der Waals surface area contributed by atoms with Crippen molar-refractivity contribution in [1.82, 2.24) is 19.7 Å². The highest BCUT2D eigenvalue weighted by Crippen LogP contribution is 2.24. The summed E-state index contributed by atoms with van der Waals surface area (Å²) in [6.07, 6.45) is 0.378. The monoisotopic (exact) mass is 332 g/mol. The van der Waals surface area contributed by atoms with E-state index in [-0.39, 0.29) is 12.1 Å². The van der Waals surface area contributed by atoms with Crippen molar-refractivity contribution < 1.29 is 9.84 Å². The number of nitrogen functional groups attached to an aromatic ring is 1. The number of fused-ring (bicyclic) bond motifs is 1. The largest absolute Gasteiger partial charge is 0.475 e. The molecule has 3 rings (SSSR count). The Balaban J connectivity index is 1.87. The van der Waals surface area contributed by atoms with E-state index in [0.717, 1.165) is 31.0 Å². The summed E-state index contributed by atoms with van der Waals surface area (Å²) in [6.45, 7) is 7.91. The number of aryl methyl sites for hydroxylation is 1. The molecule has 0 fully saturated rings. The number of ether oxygens (including phenoxy) is 1. The first-order valence-electron chi connectivity index (χ1n) is 8.23. The molecule has 130 valence electrons. The summed E-state index contributed by atoms with van der Waals surface area (Å²) >= 11 is 0. The number of hydrogen-bond acceptors (Lipinski definition) is 7. The lowest BCUT2D eigenvalue weighted by molar-refractivity contribution is 0.193. The topological polar surface area (TPSA) is 102 Å². The van der Waals surface area contributed by atoms with Crippen molar-refractivity contribution in [3.63, 3.8) is 0 Å². The molecule has 0 aliphatic carbocycles. The van der Waals surface area contributed by atoms with E-state index >= 15 is 0 Å². The van der Waals surface area contributed by atoms with Crippen molar-refractivity contribution in [2.45, 2.75) is 52.5 Å². The zero-order valence-corrected chi connectivity index (χ0v) is 14.3. The third kappa shape index (κ3) is 3.59. The van der Waals surface area contributed by atoms with Gasteiger partial charge in [0.25, 0.3) is 0 Å². The van der Waals surface area contributed by atoms with Gasteiger partial charge in [0.15, 0.2) is 0 Å². The highest BCUT2D eigenvalue weighted by Gasteiger charge is 2.20. The molecule has 1 aliphatic rings. The number of aliphatic hydroxyl groups is 1. The minimum atomic E-state index is -0.571. The molecule has 3 heterocycles. The zero-order valence-electron chi connectivity index (χ0n) is 14.3. The standard InChI is InChI=1S/C16H24N6O2/c1-10(2)24-15-8-14(18-16(17)19-15)21-5-4-6-22-12(9-21)7-13(20-22)11(3)23/h7-8,10-11,23H,4-6,9H2,1-3H3,(H2,17,18,19)/t11-/m1/s1. The fraction of sp³-hybridized carbons (Fsp3) is 0.562. The number of aliphatic hydroxyl groups excluding tert-OH is 1. The van der Waals surface area contributed by atoms with E-state index in [0.29, 0.717) is 18.1 Å². The lowest BCUT2D eigenvalue weighted by atomic mass is 10.2. The first kappa shape index (κ1) is 16.5. The Hall–Kier alpha value is -2.35. The number of rotatable bonds is 4. The first-order valence-corrected chi connectivity index (χ1v) is 8.23. The van der Waals surface area contributed by atoms with Gasteiger partial charge in [0.05, 0.1) is 30.1 Å². The predicted octanol–water partition coefficient (Wildman–Crippen LogP) is 1.51. The van der Waals surface area contributed by atoms with Crippen LogP contribution in [-0.4, -0.2) is 37.5 Å². The van der Waals surface area contributed by atoms with Crippen LogP contribution in [0.1, 0.15) is 44.7 Å². The maximum Gasteiger partial charge on any atom is 0.225 e. The van der Waals surface area contributed by atoms with Gasteiger partial charge in [-0.1, -0.05) is 0 Å². The summed E-state index contributed by atoms with van der Waals surface area (Å²) < 4.78 is 7.61. The second-order valence-electron chi connectivity index (χ2n) is 6.32. The maximum absolute atomic E-state index is 9.74. The van der Waals surface area contributed by atoms with Gasteiger partial charge in [-0.3, -0.25) is 4.68 Å². The van der Waals surface area contributed by atoms with Crippen LogP contribution >= 0.6 is 0 Å². The molecule has 0 spiro atoms. The minimum absolute atomic E-state index is 0.0197. The molecule has 0 saturated carbocycles. The highest BCUT2D eigenvalue weighted by atomic mass is 16.5. The van der Waals surface area contributed by atoms with E-state index in [2.05, 4.69) is 20.0 Å². The molecular weight excluding hydrogens is 308 g/mol. The van der Waals surface area contributed by atoms with Crippen LogP contribution < -0.4 is 15.4 Å². The van der Waals surface area contributed by atoms with Crippen molar-refractivity contribution >= 4 is 11.8 Å². The van der Waals surface area contributed by atoms with Crippen LogP contribution in [0.2, 0.25) is 0 Å². The Morgan fingerprint density at radius 1 is 1.21 bits per heavy atom. The van der Waals surface area contributed by atoms with Crippen molar-refractivity contribution in [2.24, 2.45) is 0 Å². The van der Waals surface area contributed by atoms with Gasteiger partial charge < -0.3 is 20.5 Å².